The van der Waals surface area contributed by atoms with Gasteiger partial charge in [-0.25, -0.2) is 4.79 Å². The number of aromatic hydroxyl groups is 2. The Bertz CT molecular complexity index is 1720. The van der Waals surface area contributed by atoms with Crippen molar-refractivity contribution in [2.75, 3.05) is 48.3 Å². The van der Waals surface area contributed by atoms with Gasteiger partial charge in [-0.3, -0.25) is 0 Å². The molecule has 7 atom stereocenters. The van der Waals surface area contributed by atoms with Gasteiger partial charge in [0.2, 0.25) is 0 Å². The Labute approximate surface area is 294 Å². The lowest BCUT2D eigenvalue weighted by molar-refractivity contribution is -0.302. The first kappa shape index (κ1) is 37.4. The minimum atomic E-state index is -1.69. The van der Waals surface area contributed by atoms with Gasteiger partial charge in [0, 0.05) is 18.7 Å². The van der Waals surface area contributed by atoms with Gasteiger partial charge in [-0.2, -0.15) is 0 Å². The van der Waals surface area contributed by atoms with Crippen molar-refractivity contribution >= 4 is 18.1 Å². The standard InChI is InChI=1S/C37H42O14/c1-44-13-5-6-21-14-23-24(35(51-36(23)29(16-21)47-4)22-9-11-26(39)28(17-22)46-3)18-49-37-34(43)33(42)32(41)30(50-37)19-48-31(40)12-8-20-7-10-25(38)27(15-20)45-2/h5-12,14-17,24,30,32-35,37-39,41-43H,13,18-19H2,1-4H3. The summed E-state index contributed by atoms with van der Waals surface area (Å²) in [6.07, 6.45) is -1.99. The summed E-state index contributed by atoms with van der Waals surface area (Å²) in [5.74, 6) is -0.0128. The zero-order chi connectivity index (χ0) is 36.7. The van der Waals surface area contributed by atoms with E-state index in [1.165, 1.54) is 45.6 Å². The van der Waals surface area contributed by atoms with E-state index < -0.39 is 55.3 Å². The summed E-state index contributed by atoms with van der Waals surface area (Å²) in [5, 5.41) is 52.2. The predicted molar refractivity (Wildman–Crippen MR) is 182 cm³/mol. The number of carbonyl (C=O) groups excluding carboxylic acids is 1. The molecule has 51 heavy (non-hydrogen) atoms. The Morgan fingerprint density at radius 1 is 0.784 bits per heavy atom. The molecular weight excluding hydrogens is 668 g/mol. The van der Waals surface area contributed by atoms with Gasteiger partial charge in [-0.15, -0.1) is 0 Å². The Hall–Kier alpha value is -4.83. The van der Waals surface area contributed by atoms with Crippen molar-refractivity contribution in [2.45, 2.75) is 42.7 Å². The van der Waals surface area contributed by atoms with Crippen molar-refractivity contribution < 1.29 is 68.2 Å². The highest BCUT2D eigenvalue weighted by molar-refractivity contribution is 5.87. The first-order valence-electron chi connectivity index (χ1n) is 16.0. The number of phenols is 2. The highest BCUT2D eigenvalue weighted by Gasteiger charge is 2.46. The molecule has 2 aliphatic rings. The van der Waals surface area contributed by atoms with Crippen LogP contribution in [0.5, 0.6) is 34.5 Å². The van der Waals surface area contributed by atoms with Crippen LogP contribution in [0.2, 0.25) is 0 Å². The molecule has 1 fully saturated rings. The second-order valence-electron chi connectivity index (χ2n) is 11.8. The molecule has 0 bridgehead atoms. The highest BCUT2D eigenvalue weighted by atomic mass is 16.7. The second kappa shape index (κ2) is 16.9. The number of phenolic OH excluding ortho intramolecular Hbond substituents is 2. The van der Waals surface area contributed by atoms with Gasteiger partial charge >= 0.3 is 5.97 Å². The molecule has 0 spiro atoms. The van der Waals surface area contributed by atoms with E-state index in [2.05, 4.69) is 0 Å². The van der Waals surface area contributed by atoms with Crippen LogP contribution < -0.4 is 18.9 Å². The molecule has 0 saturated carbocycles. The van der Waals surface area contributed by atoms with Gasteiger partial charge in [0.05, 0.1) is 40.5 Å². The van der Waals surface area contributed by atoms with E-state index >= 15 is 0 Å². The van der Waals surface area contributed by atoms with Crippen LogP contribution >= 0.6 is 0 Å². The molecule has 3 aromatic carbocycles. The normalized spacial score (nSPS) is 24.3. The van der Waals surface area contributed by atoms with Gasteiger partial charge < -0.3 is 63.4 Å². The van der Waals surface area contributed by atoms with Crippen LogP contribution in [0.1, 0.15) is 34.3 Å². The molecule has 0 amide bonds. The Kier molecular flexibility index (Phi) is 12.4. The minimum Gasteiger partial charge on any atom is -0.504 e. The summed E-state index contributed by atoms with van der Waals surface area (Å²) in [4.78, 5) is 12.5. The number of hydrogen-bond donors (Lipinski definition) is 5. The largest absolute Gasteiger partial charge is 0.504 e. The SMILES string of the molecule is COCC=Cc1cc(OC)c2c(c1)C(COC1OC(COC(=O)C=Cc3ccc(O)c(OC)c3)C(O)C(O)C1O)C(c1ccc(O)c(OC)c1)O2. The first-order chi connectivity index (χ1) is 24.6. The second-order valence-corrected chi connectivity index (χ2v) is 11.8. The summed E-state index contributed by atoms with van der Waals surface area (Å²) in [5.41, 5.74) is 2.72. The van der Waals surface area contributed by atoms with Crippen LogP contribution in [0.25, 0.3) is 12.2 Å². The van der Waals surface area contributed by atoms with Gasteiger partial charge in [0.1, 0.15) is 37.1 Å². The maximum Gasteiger partial charge on any atom is 0.330 e. The summed E-state index contributed by atoms with van der Waals surface area (Å²) in [6, 6.07) is 13.1. The van der Waals surface area contributed by atoms with Crippen molar-refractivity contribution in [1.29, 1.82) is 0 Å². The lowest BCUT2D eigenvalue weighted by Gasteiger charge is -2.40. The smallest absolute Gasteiger partial charge is 0.330 e. The lowest BCUT2D eigenvalue weighted by Crippen LogP contribution is -2.59. The number of esters is 1. The number of aliphatic hydroxyl groups excluding tert-OH is 3. The van der Waals surface area contributed by atoms with E-state index in [0.717, 1.165) is 17.2 Å². The third-order valence-corrected chi connectivity index (χ3v) is 8.56. The average molecular weight is 711 g/mol. The van der Waals surface area contributed by atoms with Crippen LogP contribution in [-0.2, 0) is 23.7 Å². The quantitative estimate of drug-likeness (QED) is 0.121. The number of benzene rings is 3. The Balaban J connectivity index is 1.34. The third kappa shape index (κ3) is 8.56. The van der Waals surface area contributed by atoms with Crippen LogP contribution in [-0.4, -0.2) is 110 Å². The summed E-state index contributed by atoms with van der Waals surface area (Å²) in [6.45, 7) is -0.179. The fourth-order valence-corrected chi connectivity index (χ4v) is 5.86. The van der Waals surface area contributed by atoms with Crippen molar-refractivity contribution in [3.8, 4) is 34.5 Å². The van der Waals surface area contributed by atoms with Crippen LogP contribution in [0.3, 0.4) is 0 Å². The summed E-state index contributed by atoms with van der Waals surface area (Å²) < 4.78 is 44.9. The molecular formula is C37H42O14. The number of hydrogen-bond acceptors (Lipinski definition) is 14. The number of fused-ring (bicyclic) bond motifs is 1. The third-order valence-electron chi connectivity index (χ3n) is 8.56. The van der Waals surface area contributed by atoms with Crippen molar-refractivity contribution in [3.05, 3.63) is 82.9 Å². The maximum absolute atomic E-state index is 12.5. The van der Waals surface area contributed by atoms with Gasteiger partial charge in [-0.05, 0) is 59.2 Å². The number of ether oxygens (including phenoxy) is 8. The van der Waals surface area contributed by atoms with Gasteiger partial charge in [0.15, 0.2) is 40.8 Å². The molecule has 14 heteroatoms. The number of aliphatic hydroxyl groups is 3. The average Bonchev–Trinajstić information content (AvgIpc) is 3.51. The van der Waals surface area contributed by atoms with E-state index in [-0.39, 0.29) is 29.6 Å². The van der Waals surface area contributed by atoms with E-state index in [4.69, 9.17) is 37.9 Å². The molecule has 2 heterocycles. The van der Waals surface area contributed by atoms with E-state index in [0.29, 0.717) is 29.2 Å². The maximum atomic E-state index is 12.5. The molecule has 1 saturated heterocycles. The van der Waals surface area contributed by atoms with Gasteiger partial charge in [-0.1, -0.05) is 24.3 Å². The molecule has 0 radical (unpaired) electrons. The van der Waals surface area contributed by atoms with E-state index in [1.807, 2.05) is 24.3 Å². The monoisotopic (exact) mass is 710 g/mol. The summed E-state index contributed by atoms with van der Waals surface area (Å²) >= 11 is 0. The molecule has 274 valence electrons. The zero-order valence-electron chi connectivity index (χ0n) is 28.5. The lowest BCUT2D eigenvalue weighted by atomic mass is 9.90. The topological polar surface area (TPSA) is 192 Å². The predicted octanol–water partition coefficient (Wildman–Crippen LogP) is 3.08. The molecule has 7 unspecified atom stereocenters. The zero-order valence-corrected chi connectivity index (χ0v) is 28.5. The molecule has 5 N–H and O–H groups in total. The van der Waals surface area contributed by atoms with Crippen LogP contribution in [0.15, 0.2) is 60.7 Å². The molecule has 0 aliphatic carbocycles. The van der Waals surface area contributed by atoms with Crippen molar-refractivity contribution in [1.82, 2.24) is 0 Å². The fraction of sp³-hybridized carbons (Fsp3) is 0.378. The number of methoxy groups -OCH3 is 4. The summed E-state index contributed by atoms with van der Waals surface area (Å²) in [7, 11) is 5.95. The highest BCUT2D eigenvalue weighted by Crippen LogP contribution is 2.52. The van der Waals surface area contributed by atoms with Crippen molar-refractivity contribution in [3.63, 3.8) is 0 Å². The fourth-order valence-electron chi connectivity index (χ4n) is 5.86. The first-order valence-corrected chi connectivity index (χ1v) is 16.0. The molecule has 5 rings (SSSR count). The minimum absolute atomic E-state index is 0.0539. The Morgan fingerprint density at radius 2 is 1.47 bits per heavy atom. The number of rotatable bonds is 14. The van der Waals surface area contributed by atoms with Crippen molar-refractivity contribution in [2.24, 2.45) is 0 Å². The molecule has 0 aromatic heterocycles. The molecule has 2 aliphatic heterocycles. The van der Waals surface area contributed by atoms with E-state index in [1.54, 1.807) is 25.3 Å². The van der Waals surface area contributed by atoms with E-state index in [9.17, 15) is 30.3 Å². The molecule has 3 aromatic rings. The number of carbonyl (C=O) groups is 1. The van der Waals surface area contributed by atoms with Gasteiger partial charge in [0.25, 0.3) is 0 Å². The Morgan fingerprint density at radius 3 is 2.18 bits per heavy atom. The van der Waals surface area contributed by atoms with Crippen LogP contribution in [0, 0.1) is 0 Å². The van der Waals surface area contributed by atoms with Crippen LogP contribution in [0.4, 0.5) is 0 Å². The molecule has 14 nitrogen and oxygen atoms in total.